The number of benzene rings is 2. The van der Waals surface area contributed by atoms with E-state index in [9.17, 15) is 5.11 Å². The largest absolute Gasteiger partial charge is 0.481 e. The van der Waals surface area contributed by atoms with E-state index in [-0.39, 0.29) is 0 Å². The number of rotatable bonds is 6. The van der Waals surface area contributed by atoms with Crippen LogP contribution < -0.4 is 4.74 Å². The van der Waals surface area contributed by atoms with Gasteiger partial charge in [0, 0.05) is 36.8 Å². The molecule has 5 aromatic rings. The molecular weight excluding hydrogens is 450 g/mol. The Labute approximate surface area is 202 Å². The standard InChI is InChI=1S/C26H24ClN5O2/c1-16-28-15-23(31(16)2)25(33)18-7-10-22-20(14-18)24(27)21(26(30-22)34-3)13-17-5-8-19(9-6-17)32-12-4-11-29-32/h4-12,14-15,25,33H,13H2,1-3H3. The molecule has 1 unspecified atom stereocenters. The van der Waals surface area contributed by atoms with Crippen LogP contribution in [-0.2, 0) is 13.5 Å². The maximum Gasteiger partial charge on any atom is 0.218 e. The van der Waals surface area contributed by atoms with Crippen molar-refractivity contribution in [1.29, 1.82) is 0 Å². The number of methoxy groups -OCH3 is 1. The van der Waals surface area contributed by atoms with Crippen LogP contribution in [0.2, 0.25) is 5.02 Å². The topological polar surface area (TPSA) is 78.0 Å². The Balaban J connectivity index is 1.52. The molecule has 0 aliphatic carbocycles. The summed E-state index contributed by atoms with van der Waals surface area (Å²) < 4.78 is 9.27. The Morgan fingerprint density at radius 2 is 1.94 bits per heavy atom. The minimum Gasteiger partial charge on any atom is -0.481 e. The van der Waals surface area contributed by atoms with Gasteiger partial charge in [0.1, 0.15) is 11.9 Å². The molecule has 0 fully saturated rings. The number of aromatic nitrogens is 5. The smallest absolute Gasteiger partial charge is 0.218 e. The number of aliphatic hydroxyl groups excluding tert-OH is 1. The minimum atomic E-state index is -0.827. The Morgan fingerprint density at radius 1 is 1.15 bits per heavy atom. The predicted molar refractivity (Wildman–Crippen MR) is 132 cm³/mol. The highest BCUT2D eigenvalue weighted by Gasteiger charge is 2.19. The quantitative estimate of drug-likeness (QED) is 0.383. The number of hydrogen-bond acceptors (Lipinski definition) is 5. The molecule has 7 nitrogen and oxygen atoms in total. The summed E-state index contributed by atoms with van der Waals surface area (Å²) in [6.07, 6.45) is 5.07. The first-order chi connectivity index (χ1) is 16.5. The zero-order chi connectivity index (χ0) is 23.8. The molecule has 2 aromatic carbocycles. The third-order valence-electron chi connectivity index (χ3n) is 6.13. The number of pyridine rings is 1. The van der Waals surface area contributed by atoms with Gasteiger partial charge in [-0.2, -0.15) is 5.10 Å². The first-order valence-corrected chi connectivity index (χ1v) is 11.3. The lowest BCUT2D eigenvalue weighted by Gasteiger charge is -2.16. The van der Waals surface area contributed by atoms with E-state index in [2.05, 4.69) is 15.1 Å². The average Bonchev–Trinajstić information content (AvgIpc) is 3.51. The van der Waals surface area contributed by atoms with Crippen LogP contribution in [0.15, 0.2) is 67.1 Å². The molecular formula is C26H24ClN5O2. The summed E-state index contributed by atoms with van der Waals surface area (Å²) >= 11 is 6.91. The normalized spacial score (nSPS) is 12.3. The van der Waals surface area contributed by atoms with Gasteiger partial charge >= 0.3 is 0 Å². The fourth-order valence-corrected chi connectivity index (χ4v) is 4.39. The van der Waals surface area contributed by atoms with Gasteiger partial charge < -0.3 is 14.4 Å². The first kappa shape index (κ1) is 22.1. The molecule has 0 aliphatic heterocycles. The summed E-state index contributed by atoms with van der Waals surface area (Å²) in [6.45, 7) is 1.90. The summed E-state index contributed by atoms with van der Waals surface area (Å²) in [5, 5.41) is 16.6. The average molecular weight is 474 g/mol. The Morgan fingerprint density at radius 3 is 2.59 bits per heavy atom. The van der Waals surface area contributed by atoms with Gasteiger partial charge in [0.15, 0.2) is 0 Å². The predicted octanol–water partition coefficient (Wildman–Crippen LogP) is 4.80. The lowest BCUT2D eigenvalue weighted by Crippen LogP contribution is -2.07. The number of nitrogens with zero attached hydrogens (tertiary/aromatic N) is 5. The summed E-state index contributed by atoms with van der Waals surface area (Å²) in [4.78, 5) is 8.97. The lowest BCUT2D eigenvalue weighted by atomic mass is 10.0. The minimum absolute atomic E-state index is 0.490. The van der Waals surface area contributed by atoms with Crippen molar-refractivity contribution in [3.8, 4) is 11.6 Å². The van der Waals surface area contributed by atoms with Crippen LogP contribution in [0.4, 0.5) is 0 Å². The lowest BCUT2D eigenvalue weighted by molar-refractivity contribution is 0.211. The third-order valence-corrected chi connectivity index (χ3v) is 6.57. The fourth-order valence-electron chi connectivity index (χ4n) is 4.09. The van der Waals surface area contributed by atoms with Gasteiger partial charge in [-0.3, -0.25) is 0 Å². The van der Waals surface area contributed by atoms with Gasteiger partial charge in [0.2, 0.25) is 5.88 Å². The molecule has 0 spiro atoms. The molecule has 8 heteroatoms. The highest BCUT2D eigenvalue weighted by Crippen LogP contribution is 2.36. The van der Waals surface area contributed by atoms with Gasteiger partial charge in [-0.1, -0.05) is 29.8 Å². The molecule has 0 bridgehead atoms. The van der Waals surface area contributed by atoms with Crippen molar-refractivity contribution in [2.75, 3.05) is 7.11 Å². The maximum absolute atomic E-state index is 11.0. The van der Waals surface area contributed by atoms with Crippen LogP contribution in [0.5, 0.6) is 5.88 Å². The van der Waals surface area contributed by atoms with E-state index < -0.39 is 6.10 Å². The van der Waals surface area contributed by atoms with E-state index in [1.54, 1.807) is 19.5 Å². The first-order valence-electron chi connectivity index (χ1n) is 10.9. The summed E-state index contributed by atoms with van der Waals surface area (Å²) in [5.74, 6) is 1.32. The Bertz CT molecular complexity index is 1460. The molecule has 34 heavy (non-hydrogen) atoms. The van der Waals surface area contributed by atoms with Crippen molar-refractivity contribution >= 4 is 22.5 Å². The van der Waals surface area contributed by atoms with E-state index >= 15 is 0 Å². The molecule has 5 rings (SSSR count). The van der Waals surface area contributed by atoms with Crippen LogP contribution >= 0.6 is 11.6 Å². The third kappa shape index (κ3) is 3.93. The zero-order valence-corrected chi connectivity index (χ0v) is 19.9. The Hall–Kier alpha value is -3.68. The van der Waals surface area contributed by atoms with Crippen molar-refractivity contribution in [3.63, 3.8) is 0 Å². The molecule has 1 N–H and O–H groups in total. The number of halogens is 1. The summed E-state index contributed by atoms with van der Waals surface area (Å²) in [5.41, 5.74) is 4.99. The van der Waals surface area contributed by atoms with Crippen molar-refractivity contribution in [2.24, 2.45) is 7.05 Å². The van der Waals surface area contributed by atoms with Gasteiger partial charge in [-0.05, 0) is 48.4 Å². The number of aliphatic hydroxyl groups is 1. The molecule has 0 aliphatic rings. The molecule has 3 aromatic heterocycles. The summed E-state index contributed by atoms with van der Waals surface area (Å²) in [6, 6.07) is 15.6. The zero-order valence-electron chi connectivity index (χ0n) is 19.1. The fraction of sp³-hybridized carbons (Fsp3) is 0.192. The van der Waals surface area contributed by atoms with E-state index in [0.29, 0.717) is 28.5 Å². The van der Waals surface area contributed by atoms with E-state index in [1.165, 1.54) is 0 Å². The molecule has 0 radical (unpaired) electrons. The number of fused-ring (bicyclic) bond motifs is 1. The van der Waals surface area contributed by atoms with Crippen LogP contribution in [0.3, 0.4) is 0 Å². The van der Waals surface area contributed by atoms with E-state index in [0.717, 1.165) is 33.6 Å². The van der Waals surface area contributed by atoms with Gasteiger partial charge in [0.05, 0.1) is 35.2 Å². The second-order valence-electron chi connectivity index (χ2n) is 8.18. The van der Waals surface area contributed by atoms with Crippen molar-refractivity contribution in [3.05, 3.63) is 100 Å². The van der Waals surface area contributed by atoms with Gasteiger partial charge in [0.25, 0.3) is 0 Å². The molecule has 172 valence electrons. The van der Waals surface area contributed by atoms with Crippen molar-refractivity contribution in [1.82, 2.24) is 24.3 Å². The number of ether oxygens (including phenoxy) is 1. The molecule has 1 atom stereocenters. The number of aryl methyl sites for hydroxylation is 1. The van der Waals surface area contributed by atoms with E-state index in [1.807, 2.05) is 77.9 Å². The SMILES string of the molecule is COc1nc2ccc(C(O)c3cnc(C)n3C)cc2c(Cl)c1Cc1ccc(-n2cccn2)cc1. The van der Waals surface area contributed by atoms with Crippen LogP contribution in [-0.4, -0.2) is 36.5 Å². The van der Waals surface area contributed by atoms with Crippen molar-refractivity contribution < 1.29 is 9.84 Å². The number of hydrogen-bond donors (Lipinski definition) is 1. The highest BCUT2D eigenvalue weighted by atomic mass is 35.5. The second-order valence-corrected chi connectivity index (χ2v) is 8.55. The van der Waals surface area contributed by atoms with Crippen LogP contribution in [0, 0.1) is 6.92 Å². The molecule has 0 amide bonds. The monoisotopic (exact) mass is 473 g/mol. The van der Waals surface area contributed by atoms with Crippen molar-refractivity contribution in [2.45, 2.75) is 19.4 Å². The Kier molecular flexibility index (Phi) is 5.81. The highest BCUT2D eigenvalue weighted by molar-refractivity contribution is 6.36. The summed E-state index contributed by atoms with van der Waals surface area (Å²) in [7, 11) is 3.48. The van der Waals surface area contributed by atoms with E-state index in [4.69, 9.17) is 16.3 Å². The van der Waals surface area contributed by atoms with Gasteiger partial charge in [-0.25, -0.2) is 14.6 Å². The maximum atomic E-state index is 11.0. The molecule has 0 saturated heterocycles. The molecule has 3 heterocycles. The number of imidazole rings is 1. The second kappa shape index (κ2) is 8.93. The molecule has 0 saturated carbocycles. The van der Waals surface area contributed by atoms with Crippen LogP contribution in [0.1, 0.15) is 34.3 Å². The van der Waals surface area contributed by atoms with Crippen LogP contribution in [0.25, 0.3) is 16.6 Å². The van der Waals surface area contributed by atoms with Gasteiger partial charge in [-0.15, -0.1) is 0 Å².